The number of nitro groups is 1. The minimum Gasteiger partial charge on any atom is -0.467 e. The first-order valence-electron chi connectivity index (χ1n) is 9.36. The third kappa shape index (κ3) is 5.74. The summed E-state index contributed by atoms with van der Waals surface area (Å²) in [5, 5.41) is 14.3. The predicted octanol–water partition coefficient (Wildman–Crippen LogP) is 3.60. The van der Waals surface area contributed by atoms with Gasteiger partial charge in [0, 0.05) is 12.1 Å². The fourth-order valence-electron chi connectivity index (χ4n) is 2.83. The molecule has 1 aromatic heterocycles. The average Bonchev–Trinajstić information content (AvgIpc) is 3.26. The number of nitrogens with one attached hydrogen (secondary N) is 4. The molecule has 0 radical (unpaired) electrons. The fraction of sp³-hybridized carbons (Fsp3) is 0.150. The minimum absolute atomic E-state index is 0.0787. The molecule has 0 aliphatic rings. The number of hydrogen-bond donors (Lipinski definition) is 4. The Morgan fingerprint density at radius 3 is 2.53 bits per heavy atom. The Bertz CT molecular complexity index is 1240. The number of aryl methyl sites for hydroxylation is 2. The van der Waals surface area contributed by atoms with E-state index in [9.17, 15) is 18.5 Å². The summed E-state index contributed by atoms with van der Waals surface area (Å²) in [6.07, 6.45) is 1.53. The van der Waals surface area contributed by atoms with Gasteiger partial charge in [-0.2, -0.15) is 0 Å². The SMILES string of the molecule is Cc1ccc(NS(=O)(=O)c2cc([N+](=O)[O-])ccc2NNC(=S)NCc2ccco2)c(C)c1. The second kappa shape index (κ2) is 9.66. The van der Waals surface area contributed by atoms with Crippen molar-refractivity contribution in [3.05, 3.63) is 81.8 Å². The molecule has 168 valence electrons. The van der Waals surface area contributed by atoms with Gasteiger partial charge in [0.25, 0.3) is 15.7 Å². The second-order valence-corrected chi connectivity index (χ2v) is 8.93. The predicted molar refractivity (Wildman–Crippen MR) is 125 cm³/mol. The number of benzene rings is 2. The number of nitro benzene ring substituents is 1. The van der Waals surface area contributed by atoms with Crippen LogP contribution >= 0.6 is 12.2 Å². The van der Waals surface area contributed by atoms with E-state index >= 15 is 0 Å². The Labute approximate surface area is 190 Å². The van der Waals surface area contributed by atoms with Crippen LogP contribution in [0.25, 0.3) is 0 Å². The quantitative estimate of drug-likeness (QED) is 0.219. The van der Waals surface area contributed by atoms with Crippen molar-refractivity contribution in [2.45, 2.75) is 25.3 Å². The van der Waals surface area contributed by atoms with Crippen LogP contribution in [0.15, 0.2) is 64.1 Å². The van der Waals surface area contributed by atoms with Crippen molar-refractivity contribution in [3.63, 3.8) is 0 Å². The minimum atomic E-state index is -4.17. The van der Waals surface area contributed by atoms with Gasteiger partial charge in [-0.25, -0.2) is 8.42 Å². The van der Waals surface area contributed by atoms with Crippen LogP contribution < -0.4 is 20.9 Å². The van der Waals surface area contributed by atoms with Crippen molar-refractivity contribution >= 4 is 44.4 Å². The molecule has 3 rings (SSSR count). The van der Waals surface area contributed by atoms with Crippen LogP contribution in [0.3, 0.4) is 0 Å². The van der Waals surface area contributed by atoms with Crippen molar-refractivity contribution in [3.8, 4) is 0 Å². The van der Waals surface area contributed by atoms with Gasteiger partial charge in [-0.15, -0.1) is 0 Å². The zero-order valence-electron chi connectivity index (χ0n) is 17.2. The van der Waals surface area contributed by atoms with Crippen molar-refractivity contribution in [2.24, 2.45) is 0 Å². The molecule has 0 saturated carbocycles. The highest BCUT2D eigenvalue weighted by atomic mass is 32.2. The Morgan fingerprint density at radius 2 is 1.88 bits per heavy atom. The molecule has 0 unspecified atom stereocenters. The first kappa shape index (κ1) is 23.0. The van der Waals surface area contributed by atoms with Crippen molar-refractivity contribution in [1.82, 2.24) is 10.7 Å². The molecule has 0 fully saturated rings. The summed E-state index contributed by atoms with van der Waals surface area (Å²) >= 11 is 5.16. The number of thiocarbonyl (C=S) groups is 1. The van der Waals surface area contributed by atoms with E-state index in [-0.39, 0.29) is 21.4 Å². The molecule has 3 aromatic rings. The van der Waals surface area contributed by atoms with Crippen molar-refractivity contribution in [2.75, 3.05) is 10.1 Å². The van der Waals surface area contributed by atoms with E-state index in [1.165, 1.54) is 18.4 Å². The van der Waals surface area contributed by atoms with E-state index in [1.54, 1.807) is 31.2 Å². The number of nitrogens with zero attached hydrogens (tertiary/aromatic N) is 1. The lowest BCUT2D eigenvalue weighted by Crippen LogP contribution is -2.38. The smallest absolute Gasteiger partial charge is 0.270 e. The van der Waals surface area contributed by atoms with Crippen LogP contribution in [0.1, 0.15) is 16.9 Å². The molecule has 0 saturated heterocycles. The monoisotopic (exact) mass is 475 g/mol. The van der Waals surface area contributed by atoms with Crippen LogP contribution in [0.5, 0.6) is 0 Å². The summed E-state index contributed by atoms with van der Waals surface area (Å²) in [5.74, 6) is 0.658. The normalized spacial score (nSPS) is 10.9. The van der Waals surface area contributed by atoms with Gasteiger partial charge in [0.05, 0.1) is 29.1 Å². The molecule has 0 aliphatic carbocycles. The fourth-order valence-corrected chi connectivity index (χ4v) is 4.26. The summed E-state index contributed by atoms with van der Waals surface area (Å²) in [7, 11) is -4.17. The largest absolute Gasteiger partial charge is 0.467 e. The first-order chi connectivity index (χ1) is 15.2. The van der Waals surface area contributed by atoms with E-state index in [0.717, 1.165) is 17.2 Å². The van der Waals surface area contributed by atoms with Gasteiger partial charge in [0.2, 0.25) is 0 Å². The standard InChI is InChI=1S/C20H21N5O5S2/c1-13-5-7-17(14(2)10-13)24-32(28,29)19-11-15(25(26)27)6-8-18(19)22-23-20(31)21-12-16-4-3-9-30-16/h3-11,22,24H,12H2,1-2H3,(H2,21,23,31). The van der Waals surface area contributed by atoms with Crippen LogP contribution in [-0.2, 0) is 16.6 Å². The maximum Gasteiger partial charge on any atom is 0.270 e. The number of non-ortho nitro benzene ring substituents is 1. The summed E-state index contributed by atoms with van der Waals surface area (Å²) in [6, 6.07) is 12.2. The zero-order valence-corrected chi connectivity index (χ0v) is 18.8. The summed E-state index contributed by atoms with van der Waals surface area (Å²) in [4.78, 5) is 10.2. The molecule has 0 amide bonds. The number of hydrazine groups is 1. The van der Waals surface area contributed by atoms with Crippen LogP contribution in [-0.4, -0.2) is 18.5 Å². The molecule has 10 nitrogen and oxygen atoms in total. The Hall–Kier alpha value is -3.64. The molecular formula is C20H21N5O5S2. The molecule has 0 bridgehead atoms. The van der Waals surface area contributed by atoms with Crippen LogP contribution in [0.2, 0.25) is 0 Å². The molecule has 0 atom stereocenters. The number of furan rings is 1. The number of rotatable bonds is 8. The highest BCUT2D eigenvalue weighted by Crippen LogP contribution is 2.29. The van der Waals surface area contributed by atoms with E-state index in [4.69, 9.17) is 16.6 Å². The number of anilines is 2. The summed E-state index contributed by atoms with van der Waals surface area (Å²) < 4.78 is 33.9. The molecule has 1 heterocycles. The average molecular weight is 476 g/mol. The Balaban J connectivity index is 1.82. The number of sulfonamides is 1. The van der Waals surface area contributed by atoms with Gasteiger partial charge in [-0.1, -0.05) is 17.7 Å². The maximum absolute atomic E-state index is 13.1. The topological polar surface area (TPSA) is 139 Å². The number of hydrogen-bond acceptors (Lipinski definition) is 7. The lowest BCUT2D eigenvalue weighted by atomic mass is 10.1. The van der Waals surface area contributed by atoms with Gasteiger partial charge in [-0.05, 0) is 55.9 Å². The van der Waals surface area contributed by atoms with Gasteiger partial charge in [0.15, 0.2) is 5.11 Å². The Morgan fingerprint density at radius 1 is 1.12 bits per heavy atom. The van der Waals surface area contributed by atoms with Crippen molar-refractivity contribution in [1.29, 1.82) is 0 Å². The van der Waals surface area contributed by atoms with Gasteiger partial charge in [0.1, 0.15) is 10.7 Å². The molecule has 0 aliphatic heterocycles. The lowest BCUT2D eigenvalue weighted by Gasteiger charge is -2.17. The van der Waals surface area contributed by atoms with Gasteiger partial charge in [-0.3, -0.25) is 25.7 Å². The van der Waals surface area contributed by atoms with E-state index in [1.807, 2.05) is 13.0 Å². The molecule has 2 aromatic carbocycles. The highest BCUT2D eigenvalue weighted by Gasteiger charge is 2.23. The van der Waals surface area contributed by atoms with Gasteiger partial charge < -0.3 is 9.73 Å². The molecule has 32 heavy (non-hydrogen) atoms. The maximum atomic E-state index is 13.1. The van der Waals surface area contributed by atoms with E-state index in [0.29, 0.717) is 18.0 Å². The molecule has 4 N–H and O–H groups in total. The first-order valence-corrected chi connectivity index (χ1v) is 11.3. The van der Waals surface area contributed by atoms with E-state index in [2.05, 4.69) is 20.9 Å². The third-order valence-electron chi connectivity index (χ3n) is 4.41. The highest BCUT2D eigenvalue weighted by molar-refractivity contribution is 7.93. The van der Waals surface area contributed by atoms with Gasteiger partial charge >= 0.3 is 0 Å². The summed E-state index contributed by atoms with van der Waals surface area (Å²) in [5.41, 5.74) is 7.15. The molecular weight excluding hydrogens is 454 g/mol. The third-order valence-corrected chi connectivity index (χ3v) is 6.06. The lowest BCUT2D eigenvalue weighted by molar-refractivity contribution is -0.385. The van der Waals surface area contributed by atoms with Crippen LogP contribution in [0, 0.1) is 24.0 Å². The van der Waals surface area contributed by atoms with E-state index < -0.39 is 14.9 Å². The summed E-state index contributed by atoms with van der Waals surface area (Å²) in [6.45, 7) is 3.98. The molecule has 0 spiro atoms. The van der Waals surface area contributed by atoms with Crippen LogP contribution in [0.4, 0.5) is 17.1 Å². The van der Waals surface area contributed by atoms with Crippen molar-refractivity contribution < 1.29 is 17.8 Å². The molecule has 12 heteroatoms. The Kier molecular flexibility index (Phi) is 6.95. The zero-order chi connectivity index (χ0) is 23.3. The second-order valence-electron chi connectivity index (χ2n) is 6.87.